The molecule has 0 radical (unpaired) electrons. The van der Waals surface area contributed by atoms with Gasteiger partial charge in [0.05, 0.1) is 5.92 Å². The largest absolute Gasteiger partial charge is 0.242 e. The third kappa shape index (κ3) is 6.40. The topological polar surface area (TPSA) is 0 Å². The van der Waals surface area contributed by atoms with Gasteiger partial charge in [0.15, 0.2) is 0 Å². The van der Waals surface area contributed by atoms with E-state index in [0.29, 0.717) is 35.2 Å². The third-order valence-electron chi connectivity index (χ3n) is 14.2. The lowest BCUT2D eigenvalue weighted by atomic mass is 9.59. The van der Waals surface area contributed by atoms with Gasteiger partial charge in [-0.05, 0) is 150 Å². The molecule has 10 unspecified atom stereocenters. The van der Waals surface area contributed by atoms with Crippen LogP contribution < -0.4 is 0 Å². The van der Waals surface area contributed by atoms with Crippen LogP contribution in [-0.2, 0) is 0 Å². The Hall–Kier alpha value is -3.33. The maximum atomic E-state index is 16.8. The number of alkyl halides is 1. The molecule has 7 aliphatic rings. The van der Waals surface area contributed by atoms with Crippen LogP contribution in [0.1, 0.15) is 93.9 Å². The van der Waals surface area contributed by atoms with Crippen LogP contribution in [0.5, 0.6) is 0 Å². The van der Waals surface area contributed by atoms with E-state index in [0.717, 1.165) is 60.8 Å². The van der Waals surface area contributed by atoms with Crippen molar-refractivity contribution in [1.29, 1.82) is 0 Å². The van der Waals surface area contributed by atoms with Gasteiger partial charge in [-0.25, -0.2) is 13.2 Å². The van der Waals surface area contributed by atoms with Crippen molar-refractivity contribution < 1.29 is 13.2 Å². The molecule has 1 fully saturated rings. The van der Waals surface area contributed by atoms with Gasteiger partial charge >= 0.3 is 0 Å². The fourth-order valence-electron chi connectivity index (χ4n) is 11.5. The summed E-state index contributed by atoms with van der Waals surface area (Å²) in [5.41, 5.74) is 9.13. The van der Waals surface area contributed by atoms with E-state index in [4.69, 9.17) is 0 Å². The summed E-state index contributed by atoms with van der Waals surface area (Å²) in [6.07, 6.45) is 26.5. The van der Waals surface area contributed by atoms with Crippen LogP contribution in [0.25, 0.3) is 0 Å². The van der Waals surface area contributed by atoms with Crippen molar-refractivity contribution >= 4 is 0 Å². The minimum atomic E-state index is -1.49. The third-order valence-corrected chi connectivity index (χ3v) is 14.2. The highest BCUT2D eigenvalue weighted by atomic mass is 19.1. The molecule has 0 nitrogen and oxygen atoms in total. The number of halogens is 3. The predicted octanol–water partition coefficient (Wildman–Crippen LogP) is 14.3. The Kier molecular flexibility index (Phi) is 10.1. The number of allylic oxidation sites excluding steroid dienone is 22. The van der Waals surface area contributed by atoms with Crippen molar-refractivity contribution in [3.63, 3.8) is 0 Å². The number of rotatable bonds is 7. The maximum Gasteiger partial charge on any atom is 0.132 e. The SMILES string of the molecule is C=CCCC1C(C)=C(C2C(F)=CC(C(C)(C)C)=CC2F)C2=C(CC3C(=C2)C2CC(C=C)=C(/C=C\C)C4C=CCC3C42)C1C1=CCC(C(C)(C)C)C=C1F. The van der Waals surface area contributed by atoms with Gasteiger partial charge in [0.25, 0.3) is 0 Å². The van der Waals surface area contributed by atoms with E-state index in [2.05, 4.69) is 84.2 Å². The van der Waals surface area contributed by atoms with E-state index in [1.807, 2.05) is 39.0 Å². The van der Waals surface area contributed by atoms with Gasteiger partial charge in [-0.15, -0.1) is 6.58 Å². The second-order valence-electron chi connectivity index (χ2n) is 19.1. The van der Waals surface area contributed by atoms with E-state index in [9.17, 15) is 0 Å². The molecule has 0 bridgehead atoms. The van der Waals surface area contributed by atoms with Gasteiger partial charge in [0, 0.05) is 11.8 Å². The molecule has 0 heterocycles. The van der Waals surface area contributed by atoms with Crippen molar-refractivity contribution in [2.75, 3.05) is 0 Å². The van der Waals surface area contributed by atoms with Gasteiger partial charge in [-0.1, -0.05) is 113 Å². The van der Waals surface area contributed by atoms with E-state index in [-0.39, 0.29) is 34.4 Å². The molecule has 3 heteroatoms. The molecule has 10 atom stereocenters. The summed E-state index contributed by atoms with van der Waals surface area (Å²) in [5, 5.41) is 0. The zero-order valence-electron chi connectivity index (χ0n) is 33.4. The highest BCUT2D eigenvalue weighted by Crippen LogP contribution is 2.65. The first kappa shape index (κ1) is 38.0. The summed E-state index contributed by atoms with van der Waals surface area (Å²) in [6.45, 7) is 25.1. The lowest BCUT2D eigenvalue weighted by molar-refractivity contribution is 0.216. The first-order chi connectivity index (χ1) is 25.1. The van der Waals surface area contributed by atoms with Crippen LogP contribution in [0.15, 0.2) is 142 Å². The average molecular weight is 719 g/mol. The Morgan fingerprint density at radius 1 is 0.943 bits per heavy atom. The molecule has 0 aliphatic heterocycles. The lowest BCUT2D eigenvalue weighted by Crippen LogP contribution is -2.35. The summed E-state index contributed by atoms with van der Waals surface area (Å²) < 4.78 is 50.3. The van der Waals surface area contributed by atoms with E-state index < -0.39 is 17.9 Å². The molecular weight excluding hydrogens is 658 g/mol. The van der Waals surface area contributed by atoms with E-state index in [1.54, 1.807) is 12.2 Å². The molecule has 0 aromatic heterocycles. The number of fused-ring (bicyclic) bond motifs is 3. The first-order valence-electron chi connectivity index (χ1n) is 20.3. The van der Waals surface area contributed by atoms with Gasteiger partial charge in [-0.2, -0.15) is 0 Å². The highest BCUT2D eigenvalue weighted by Gasteiger charge is 2.55. The summed E-state index contributed by atoms with van der Waals surface area (Å²) in [7, 11) is 0. The van der Waals surface area contributed by atoms with Crippen LogP contribution in [-0.4, -0.2) is 6.17 Å². The van der Waals surface area contributed by atoms with E-state index >= 15 is 13.2 Å². The Morgan fingerprint density at radius 3 is 2.32 bits per heavy atom. The van der Waals surface area contributed by atoms with Crippen LogP contribution in [0.3, 0.4) is 0 Å². The molecule has 0 aromatic carbocycles. The molecule has 53 heavy (non-hydrogen) atoms. The second kappa shape index (κ2) is 14.1. The summed E-state index contributed by atoms with van der Waals surface area (Å²) in [4.78, 5) is 0. The fourth-order valence-corrected chi connectivity index (χ4v) is 11.5. The van der Waals surface area contributed by atoms with Gasteiger partial charge in [0.1, 0.15) is 17.8 Å². The van der Waals surface area contributed by atoms with Gasteiger partial charge in [-0.3, -0.25) is 0 Å². The molecule has 0 N–H and O–H groups in total. The average Bonchev–Trinajstić information content (AvgIpc) is 3.40. The Balaban J connectivity index is 1.43. The standard InChI is InChI=1S/C50H61F3/c1-11-14-17-32-28(4)45(48-43(52)24-31(25-44(48)53)50(8,9)10)40-27-38-37(26-41(40)46(32)36-21-20-30(23-42(36)51)49(5,6)7)35-19-15-18-34-33(16-12-2)29(13-3)22-39(38)47(34)35/h11-13,15-16,18,21,23-25,27,30,32,34-35,37,39,43,46-48H,1,3,14,17,19-20,22,26H2,2,4-10H3/b16-12-. The van der Waals surface area contributed by atoms with Crippen molar-refractivity contribution in [3.05, 3.63) is 142 Å². The van der Waals surface area contributed by atoms with Crippen LogP contribution in [0, 0.1) is 64.1 Å². The summed E-state index contributed by atoms with van der Waals surface area (Å²) in [6, 6.07) is 0. The minimum Gasteiger partial charge on any atom is -0.242 e. The Bertz CT molecular complexity index is 1880. The monoisotopic (exact) mass is 718 g/mol. The quantitative estimate of drug-likeness (QED) is 0.230. The molecule has 0 saturated heterocycles. The molecule has 7 aliphatic carbocycles. The first-order valence-corrected chi connectivity index (χ1v) is 20.3. The molecule has 7 rings (SSSR count). The lowest BCUT2D eigenvalue weighted by Gasteiger charge is -2.45. The molecule has 0 spiro atoms. The highest BCUT2D eigenvalue weighted by molar-refractivity contribution is 5.62. The zero-order valence-corrected chi connectivity index (χ0v) is 33.4. The smallest absolute Gasteiger partial charge is 0.132 e. The maximum absolute atomic E-state index is 16.8. The van der Waals surface area contributed by atoms with Crippen LogP contribution >= 0.6 is 0 Å². The molecule has 282 valence electrons. The number of hydrogen-bond donors (Lipinski definition) is 0. The Morgan fingerprint density at radius 2 is 1.70 bits per heavy atom. The van der Waals surface area contributed by atoms with Crippen molar-refractivity contribution in [3.8, 4) is 0 Å². The van der Waals surface area contributed by atoms with Crippen LogP contribution in [0.2, 0.25) is 0 Å². The Labute approximate surface area is 318 Å². The molecule has 0 amide bonds. The van der Waals surface area contributed by atoms with E-state index in [1.165, 1.54) is 22.3 Å². The van der Waals surface area contributed by atoms with Gasteiger partial charge in [0.2, 0.25) is 0 Å². The molecule has 1 saturated carbocycles. The van der Waals surface area contributed by atoms with Gasteiger partial charge < -0.3 is 0 Å². The van der Waals surface area contributed by atoms with Crippen LogP contribution in [0.4, 0.5) is 13.2 Å². The van der Waals surface area contributed by atoms with Crippen molar-refractivity contribution in [1.82, 2.24) is 0 Å². The van der Waals surface area contributed by atoms with Crippen molar-refractivity contribution in [2.24, 2.45) is 64.1 Å². The normalized spacial score (nSPS) is 35.6. The fraction of sp³-hybridized carbons (Fsp3) is 0.520. The summed E-state index contributed by atoms with van der Waals surface area (Å²) in [5.74, 6) is 0.198. The zero-order chi connectivity index (χ0) is 38.1. The summed E-state index contributed by atoms with van der Waals surface area (Å²) >= 11 is 0. The van der Waals surface area contributed by atoms with Crippen molar-refractivity contribution in [2.45, 2.75) is 100 Å². The molecule has 0 aromatic rings. The number of hydrogen-bond acceptors (Lipinski definition) is 0. The minimum absolute atomic E-state index is 0.0557. The predicted molar refractivity (Wildman–Crippen MR) is 217 cm³/mol. The molecular formula is C50H61F3. The second-order valence-corrected chi connectivity index (χ2v) is 19.1.